The van der Waals surface area contributed by atoms with E-state index in [1.165, 1.54) is 21.3 Å². The fraction of sp³-hybridized carbons (Fsp3) is 0.286. The van der Waals surface area contributed by atoms with E-state index in [0.717, 1.165) is 0 Å². The van der Waals surface area contributed by atoms with Crippen LogP contribution in [-0.2, 0) is 14.3 Å². The Bertz CT molecular complexity index is 925. The predicted octanol–water partition coefficient (Wildman–Crippen LogP) is 2.70. The van der Waals surface area contributed by atoms with Crippen LogP contribution in [0.25, 0.3) is 0 Å². The monoisotopic (exact) mass is 398 g/mol. The molecule has 2 aromatic carbocycles. The van der Waals surface area contributed by atoms with Gasteiger partial charge in [-0.15, -0.1) is 0 Å². The van der Waals surface area contributed by atoms with Gasteiger partial charge in [-0.2, -0.15) is 0 Å². The molecule has 1 saturated carbocycles. The van der Waals surface area contributed by atoms with Crippen molar-refractivity contribution in [1.29, 1.82) is 0 Å². The summed E-state index contributed by atoms with van der Waals surface area (Å²) in [6, 6.07) is 11.4. The number of carbonyl (C=O) groups excluding carboxylic acids is 3. The topological polar surface area (TPSA) is 103 Å². The Morgan fingerprint density at radius 2 is 1.34 bits per heavy atom. The van der Waals surface area contributed by atoms with Gasteiger partial charge in [-0.1, -0.05) is 0 Å². The van der Waals surface area contributed by atoms with E-state index >= 15 is 0 Å². The molecule has 1 fully saturated rings. The zero-order valence-electron chi connectivity index (χ0n) is 16.4. The molecule has 8 heteroatoms. The Hall–Kier alpha value is -3.55. The van der Waals surface area contributed by atoms with Crippen LogP contribution >= 0.6 is 0 Å². The van der Waals surface area contributed by atoms with Gasteiger partial charge < -0.3 is 24.8 Å². The van der Waals surface area contributed by atoms with E-state index < -0.39 is 17.8 Å². The molecule has 0 saturated heterocycles. The zero-order chi connectivity index (χ0) is 21.0. The Balaban J connectivity index is 1.55. The molecule has 2 atom stereocenters. The first-order valence-electron chi connectivity index (χ1n) is 8.99. The van der Waals surface area contributed by atoms with Crippen molar-refractivity contribution < 1.29 is 28.6 Å². The van der Waals surface area contributed by atoms with E-state index in [1.54, 1.807) is 42.5 Å². The number of methoxy groups -OCH3 is 3. The number of benzene rings is 2. The third-order valence-corrected chi connectivity index (χ3v) is 4.69. The van der Waals surface area contributed by atoms with Crippen LogP contribution in [0.1, 0.15) is 16.8 Å². The van der Waals surface area contributed by atoms with Crippen molar-refractivity contribution in [2.24, 2.45) is 11.8 Å². The number of esters is 1. The molecule has 8 nitrogen and oxygen atoms in total. The third-order valence-electron chi connectivity index (χ3n) is 4.69. The average molecular weight is 398 g/mol. The summed E-state index contributed by atoms with van der Waals surface area (Å²) in [6.45, 7) is 0. The van der Waals surface area contributed by atoms with E-state index in [9.17, 15) is 14.4 Å². The fourth-order valence-electron chi connectivity index (χ4n) is 2.97. The van der Waals surface area contributed by atoms with E-state index in [4.69, 9.17) is 9.47 Å². The molecule has 2 unspecified atom stereocenters. The maximum Gasteiger partial charge on any atom is 0.337 e. The van der Waals surface area contributed by atoms with Crippen molar-refractivity contribution in [3.05, 3.63) is 48.0 Å². The first-order valence-corrected chi connectivity index (χ1v) is 8.99. The number of anilines is 2. The molecule has 29 heavy (non-hydrogen) atoms. The summed E-state index contributed by atoms with van der Waals surface area (Å²) in [5.41, 5.74) is 1.51. The smallest absolute Gasteiger partial charge is 0.337 e. The van der Waals surface area contributed by atoms with Crippen molar-refractivity contribution in [2.75, 3.05) is 32.0 Å². The number of ether oxygens (including phenoxy) is 3. The van der Waals surface area contributed by atoms with Gasteiger partial charge >= 0.3 is 5.97 Å². The minimum atomic E-state index is -0.447. The number of hydrogen-bond acceptors (Lipinski definition) is 6. The van der Waals surface area contributed by atoms with Crippen LogP contribution in [0, 0.1) is 11.8 Å². The molecule has 0 bridgehead atoms. The number of nitrogens with one attached hydrogen (secondary N) is 2. The van der Waals surface area contributed by atoms with Crippen molar-refractivity contribution in [1.82, 2.24) is 0 Å². The summed E-state index contributed by atoms with van der Waals surface area (Å²) >= 11 is 0. The molecule has 0 aromatic heterocycles. The first-order chi connectivity index (χ1) is 14.0. The second-order valence-electron chi connectivity index (χ2n) is 6.57. The van der Waals surface area contributed by atoms with Gasteiger partial charge in [0.15, 0.2) is 11.5 Å². The number of hydrogen-bond donors (Lipinski definition) is 2. The highest BCUT2D eigenvalue weighted by molar-refractivity contribution is 6.03. The highest BCUT2D eigenvalue weighted by atomic mass is 16.5. The molecule has 0 heterocycles. The second-order valence-corrected chi connectivity index (χ2v) is 6.57. The van der Waals surface area contributed by atoms with Gasteiger partial charge in [-0.3, -0.25) is 9.59 Å². The highest BCUT2D eigenvalue weighted by Crippen LogP contribution is 2.40. The van der Waals surface area contributed by atoms with Gasteiger partial charge in [-0.05, 0) is 42.8 Å². The molecular weight excluding hydrogens is 376 g/mol. The molecule has 0 radical (unpaired) electrons. The average Bonchev–Trinajstić information content (AvgIpc) is 3.55. The predicted molar refractivity (Wildman–Crippen MR) is 106 cm³/mol. The minimum Gasteiger partial charge on any atom is -0.493 e. The van der Waals surface area contributed by atoms with Crippen LogP contribution in [0.15, 0.2) is 42.5 Å². The van der Waals surface area contributed by atoms with E-state index in [1.807, 2.05) is 0 Å². The molecule has 3 rings (SSSR count). The van der Waals surface area contributed by atoms with Crippen LogP contribution in [0.4, 0.5) is 11.4 Å². The first kappa shape index (κ1) is 20.2. The molecule has 0 spiro atoms. The van der Waals surface area contributed by atoms with Gasteiger partial charge in [-0.25, -0.2) is 4.79 Å². The third kappa shape index (κ3) is 4.66. The molecule has 0 aliphatic heterocycles. The molecule has 2 aromatic rings. The largest absolute Gasteiger partial charge is 0.493 e. The van der Waals surface area contributed by atoms with E-state index in [2.05, 4.69) is 15.4 Å². The lowest BCUT2D eigenvalue weighted by Gasteiger charge is -2.10. The SMILES string of the molecule is COC(=O)c1ccc(NC(=O)C2CC2C(=O)Nc2ccc(OC)c(OC)c2)cc1. The summed E-state index contributed by atoms with van der Waals surface area (Å²) in [6.07, 6.45) is 0.477. The molecule has 152 valence electrons. The maximum absolute atomic E-state index is 12.4. The molecule has 2 N–H and O–H groups in total. The van der Waals surface area contributed by atoms with Crippen molar-refractivity contribution in [3.8, 4) is 11.5 Å². The van der Waals surface area contributed by atoms with Crippen LogP contribution in [0.5, 0.6) is 11.5 Å². The quantitative estimate of drug-likeness (QED) is 0.695. The lowest BCUT2D eigenvalue weighted by Crippen LogP contribution is -2.20. The zero-order valence-corrected chi connectivity index (χ0v) is 16.4. The highest BCUT2D eigenvalue weighted by Gasteiger charge is 2.48. The molecule has 1 aliphatic rings. The van der Waals surface area contributed by atoms with Crippen LogP contribution < -0.4 is 20.1 Å². The molecule has 1 aliphatic carbocycles. The summed E-state index contributed by atoms with van der Waals surface area (Å²) in [4.78, 5) is 36.3. The van der Waals surface area contributed by atoms with Crippen LogP contribution in [0.2, 0.25) is 0 Å². The van der Waals surface area contributed by atoms with Gasteiger partial charge in [0.2, 0.25) is 11.8 Å². The normalized spacial score (nSPS) is 17.1. The summed E-state index contributed by atoms with van der Waals surface area (Å²) in [5.74, 6) is -0.621. The summed E-state index contributed by atoms with van der Waals surface area (Å²) < 4.78 is 15.0. The van der Waals surface area contributed by atoms with Gasteiger partial charge in [0.05, 0.1) is 38.7 Å². The fourth-order valence-corrected chi connectivity index (χ4v) is 2.97. The standard InChI is InChI=1S/C21H22N2O6/c1-27-17-9-8-14(10-18(17)28-2)23-20(25)16-11-15(16)19(24)22-13-6-4-12(5-7-13)21(26)29-3/h4-10,15-16H,11H2,1-3H3,(H,22,24)(H,23,25). The van der Waals surface area contributed by atoms with Gasteiger partial charge in [0, 0.05) is 17.4 Å². The summed E-state index contributed by atoms with van der Waals surface area (Å²) in [7, 11) is 4.35. The minimum absolute atomic E-state index is 0.224. The number of rotatable bonds is 7. The maximum atomic E-state index is 12.4. The Kier molecular flexibility index (Phi) is 6.01. The van der Waals surface area contributed by atoms with Gasteiger partial charge in [0.1, 0.15) is 0 Å². The molecular formula is C21H22N2O6. The lowest BCUT2D eigenvalue weighted by molar-refractivity contribution is -0.122. The van der Waals surface area contributed by atoms with Gasteiger partial charge in [0.25, 0.3) is 0 Å². The second kappa shape index (κ2) is 8.64. The Labute approximate surface area is 168 Å². The Morgan fingerprint density at radius 1 is 0.793 bits per heavy atom. The number of amides is 2. The Morgan fingerprint density at radius 3 is 1.90 bits per heavy atom. The summed E-state index contributed by atoms with van der Waals surface area (Å²) in [5, 5.41) is 5.56. The van der Waals surface area contributed by atoms with E-state index in [-0.39, 0.29) is 11.8 Å². The van der Waals surface area contributed by atoms with Crippen LogP contribution in [0.3, 0.4) is 0 Å². The van der Waals surface area contributed by atoms with Crippen molar-refractivity contribution in [2.45, 2.75) is 6.42 Å². The van der Waals surface area contributed by atoms with Crippen LogP contribution in [-0.4, -0.2) is 39.1 Å². The molecule has 2 amide bonds. The van der Waals surface area contributed by atoms with Crippen molar-refractivity contribution in [3.63, 3.8) is 0 Å². The number of carbonyl (C=O) groups is 3. The van der Waals surface area contributed by atoms with Crippen molar-refractivity contribution >= 4 is 29.2 Å². The van der Waals surface area contributed by atoms with E-state index in [0.29, 0.717) is 34.9 Å². The lowest BCUT2D eigenvalue weighted by atomic mass is 10.2.